The predicted molar refractivity (Wildman–Crippen MR) is 61.0 cm³/mol. The van der Waals surface area contributed by atoms with Gasteiger partial charge in [-0.1, -0.05) is 24.3 Å². The fraction of sp³-hybridized carbons (Fsp3) is 0.385. The van der Waals surface area contributed by atoms with E-state index in [2.05, 4.69) is 6.07 Å². The van der Waals surface area contributed by atoms with E-state index < -0.39 is 5.92 Å². The zero-order valence-electron chi connectivity index (χ0n) is 9.56. The average molecular weight is 217 g/mol. The monoisotopic (exact) mass is 217 g/mol. The summed E-state index contributed by atoms with van der Waals surface area (Å²) in [5.41, 5.74) is 1.77. The number of ether oxygens (including phenoxy) is 1. The molecule has 0 radical (unpaired) electrons. The maximum absolute atomic E-state index is 11.8. The van der Waals surface area contributed by atoms with Crippen molar-refractivity contribution in [2.75, 3.05) is 13.7 Å². The minimum Gasteiger partial charge on any atom is -0.384 e. The van der Waals surface area contributed by atoms with Crippen molar-refractivity contribution in [3.8, 4) is 6.07 Å². The topological polar surface area (TPSA) is 50.1 Å². The van der Waals surface area contributed by atoms with Crippen LogP contribution in [-0.4, -0.2) is 19.5 Å². The number of nitrogens with zero attached hydrogens (tertiary/aromatic N) is 1. The van der Waals surface area contributed by atoms with Gasteiger partial charge in [-0.05, 0) is 18.1 Å². The first kappa shape index (κ1) is 12.4. The smallest absolute Gasteiger partial charge is 0.156 e. The molecule has 1 aromatic carbocycles. The van der Waals surface area contributed by atoms with Crippen molar-refractivity contribution in [1.29, 1.82) is 5.26 Å². The van der Waals surface area contributed by atoms with E-state index in [0.29, 0.717) is 6.61 Å². The zero-order chi connectivity index (χ0) is 12.0. The van der Waals surface area contributed by atoms with Crippen molar-refractivity contribution in [2.45, 2.75) is 19.3 Å². The molecular weight excluding hydrogens is 202 g/mol. The lowest BCUT2D eigenvalue weighted by molar-refractivity contribution is -0.120. The maximum atomic E-state index is 11.8. The van der Waals surface area contributed by atoms with E-state index in [1.54, 1.807) is 7.11 Å². The van der Waals surface area contributed by atoms with Crippen LogP contribution in [0.5, 0.6) is 0 Å². The van der Waals surface area contributed by atoms with Gasteiger partial charge in [0, 0.05) is 13.5 Å². The van der Waals surface area contributed by atoms with E-state index >= 15 is 0 Å². The van der Waals surface area contributed by atoms with Crippen LogP contribution in [-0.2, 0) is 9.53 Å². The summed E-state index contributed by atoms with van der Waals surface area (Å²) in [5, 5.41) is 9.06. The van der Waals surface area contributed by atoms with E-state index in [-0.39, 0.29) is 12.2 Å². The third kappa shape index (κ3) is 2.91. The average Bonchev–Trinajstić information content (AvgIpc) is 2.30. The molecule has 1 unspecified atom stereocenters. The third-order valence-corrected chi connectivity index (χ3v) is 2.50. The van der Waals surface area contributed by atoms with Crippen LogP contribution in [0.2, 0.25) is 0 Å². The Labute approximate surface area is 95.7 Å². The number of methoxy groups -OCH3 is 1. The Bertz CT molecular complexity index is 407. The van der Waals surface area contributed by atoms with Gasteiger partial charge in [-0.15, -0.1) is 0 Å². The summed E-state index contributed by atoms with van der Waals surface area (Å²) in [5.74, 6) is -0.755. The molecule has 0 aliphatic heterocycles. The molecule has 0 bridgehead atoms. The lowest BCUT2D eigenvalue weighted by atomic mass is 9.91. The van der Waals surface area contributed by atoms with Crippen molar-refractivity contribution >= 4 is 5.78 Å². The normalized spacial score (nSPS) is 11.8. The lowest BCUT2D eigenvalue weighted by Crippen LogP contribution is -2.13. The fourth-order valence-electron chi connectivity index (χ4n) is 1.57. The summed E-state index contributed by atoms with van der Waals surface area (Å²) in [7, 11) is 1.54. The first-order valence-electron chi connectivity index (χ1n) is 5.17. The quantitative estimate of drug-likeness (QED) is 0.759. The Morgan fingerprint density at radius 3 is 2.75 bits per heavy atom. The molecule has 0 saturated heterocycles. The number of carbonyl (C=O) groups is 1. The molecule has 0 spiro atoms. The van der Waals surface area contributed by atoms with Crippen LogP contribution in [0.15, 0.2) is 24.3 Å². The summed E-state index contributed by atoms with van der Waals surface area (Å²) >= 11 is 0. The van der Waals surface area contributed by atoms with Gasteiger partial charge in [-0.25, -0.2) is 0 Å². The molecule has 1 aromatic rings. The molecule has 3 heteroatoms. The van der Waals surface area contributed by atoms with Crippen LogP contribution in [0.25, 0.3) is 0 Å². The Morgan fingerprint density at radius 1 is 1.50 bits per heavy atom. The number of benzene rings is 1. The van der Waals surface area contributed by atoms with Gasteiger partial charge in [-0.2, -0.15) is 5.26 Å². The highest BCUT2D eigenvalue weighted by molar-refractivity contribution is 5.88. The fourth-order valence-corrected chi connectivity index (χ4v) is 1.57. The molecular formula is C13H15NO2. The van der Waals surface area contributed by atoms with Gasteiger partial charge in [-0.3, -0.25) is 4.79 Å². The van der Waals surface area contributed by atoms with Crippen LogP contribution >= 0.6 is 0 Å². The first-order valence-corrected chi connectivity index (χ1v) is 5.17. The van der Waals surface area contributed by atoms with Gasteiger partial charge in [0.2, 0.25) is 0 Å². The molecule has 0 heterocycles. The second kappa shape index (κ2) is 6.04. The van der Waals surface area contributed by atoms with Gasteiger partial charge < -0.3 is 4.74 Å². The number of hydrogen-bond donors (Lipinski definition) is 0. The van der Waals surface area contributed by atoms with E-state index in [1.807, 2.05) is 31.2 Å². The van der Waals surface area contributed by atoms with Crippen molar-refractivity contribution in [3.05, 3.63) is 35.4 Å². The number of hydrogen-bond acceptors (Lipinski definition) is 3. The summed E-state index contributed by atoms with van der Waals surface area (Å²) in [6, 6.07) is 9.54. The summed E-state index contributed by atoms with van der Waals surface area (Å²) in [6.45, 7) is 2.27. The molecule has 3 nitrogen and oxygen atoms in total. The predicted octanol–water partition coefficient (Wildman–Crippen LogP) is 2.21. The molecule has 0 aliphatic rings. The van der Waals surface area contributed by atoms with E-state index in [9.17, 15) is 4.79 Å². The number of ketones is 1. The van der Waals surface area contributed by atoms with Crippen LogP contribution in [0, 0.1) is 18.3 Å². The van der Waals surface area contributed by atoms with Crippen molar-refractivity contribution in [2.24, 2.45) is 0 Å². The second-order valence-electron chi connectivity index (χ2n) is 3.63. The summed E-state index contributed by atoms with van der Waals surface area (Å²) in [4.78, 5) is 11.8. The Hall–Kier alpha value is -1.66. The molecule has 0 amide bonds. The van der Waals surface area contributed by atoms with Crippen molar-refractivity contribution in [3.63, 3.8) is 0 Å². The number of Topliss-reactive ketones (excluding diaryl/α,β-unsaturated/α-hetero) is 1. The summed E-state index contributed by atoms with van der Waals surface area (Å²) in [6.07, 6.45) is 0.281. The van der Waals surface area contributed by atoms with Crippen molar-refractivity contribution in [1.82, 2.24) is 0 Å². The summed E-state index contributed by atoms with van der Waals surface area (Å²) < 4.78 is 4.84. The van der Waals surface area contributed by atoms with Crippen LogP contribution < -0.4 is 0 Å². The Morgan fingerprint density at radius 2 is 2.19 bits per heavy atom. The van der Waals surface area contributed by atoms with Gasteiger partial charge in [0.25, 0.3) is 0 Å². The van der Waals surface area contributed by atoms with E-state index in [4.69, 9.17) is 10.00 Å². The zero-order valence-corrected chi connectivity index (χ0v) is 9.56. The lowest BCUT2D eigenvalue weighted by Gasteiger charge is -2.10. The number of aryl methyl sites for hydroxylation is 1. The molecule has 0 aromatic heterocycles. The first-order chi connectivity index (χ1) is 7.70. The largest absolute Gasteiger partial charge is 0.384 e. The van der Waals surface area contributed by atoms with Crippen LogP contribution in [0.3, 0.4) is 0 Å². The van der Waals surface area contributed by atoms with Gasteiger partial charge in [0.15, 0.2) is 5.78 Å². The molecule has 0 fully saturated rings. The molecule has 84 valence electrons. The maximum Gasteiger partial charge on any atom is 0.156 e. The highest BCUT2D eigenvalue weighted by atomic mass is 16.5. The van der Waals surface area contributed by atoms with Crippen LogP contribution in [0.4, 0.5) is 0 Å². The van der Waals surface area contributed by atoms with E-state index in [0.717, 1.165) is 11.1 Å². The third-order valence-electron chi connectivity index (χ3n) is 2.50. The standard InChI is InChI=1S/C13H15NO2/c1-10-5-3-4-6-11(10)12(9-14)13(15)7-8-16-2/h3-6,12H,7-8H2,1-2H3. The molecule has 1 atom stereocenters. The second-order valence-corrected chi connectivity index (χ2v) is 3.63. The molecule has 16 heavy (non-hydrogen) atoms. The number of carbonyl (C=O) groups excluding carboxylic acids is 1. The SMILES string of the molecule is COCCC(=O)C(C#N)c1ccccc1C. The minimum atomic E-state index is -0.670. The van der Waals surface area contributed by atoms with Gasteiger partial charge >= 0.3 is 0 Å². The van der Waals surface area contributed by atoms with Gasteiger partial charge in [0.05, 0.1) is 12.7 Å². The number of nitriles is 1. The van der Waals surface area contributed by atoms with Crippen LogP contribution in [0.1, 0.15) is 23.5 Å². The highest BCUT2D eigenvalue weighted by Crippen LogP contribution is 2.21. The van der Waals surface area contributed by atoms with Crippen molar-refractivity contribution < 1.29 is 9.53 Å². The number of rotatable bonds is 5. The highest BCUT2D eigenvalue weighted by Gasteiger charge is 2.20. The molecule has 0 saturated carbocycles. The minimum absolute atomic E-state index is 0.0846. The molecule has 0 N–H and O–H groups in total. The molecule has 0 aliphatic carbocycles. The van der Waals surface area contributed by atoms with E-state index in [1.165, 1.54) is 0 Å². The Balaban J connectivity index is 2.87. The molecule has 1 rings (SSSR count). The Kier molecular flexibility index (Phi) is 4.68. The van der Waals surface area contributed by atoms with Gasteiger partial charge in [0.1, 0.15) is 5.92 Å².